The molecule has 1 rings (SSSR count). The van der Waals surface area contributed by atoms with Crippen molar-refractivity contribution in [2.24, 2.45) is 0 Å². The van der Waals surface area contributed by atoms with E-state index in [4.69, 9.17) is 14.6 Å². The van der Waals surface area contributed by atoms with E-state index in [0.717, 1.165) is 11.3 Å². The van der Waals surface area contributed by atoms with E-state index in [1.54, 1.807) is 14.0 Å². The second-order valence-corrected chi connectivity index (χ2v) is 4.33. The summed E-state index contributed by atoms with van der Waals surface area (Å²) in [7, 11) is 3.49. The molecule has 0 aliphatic rings. The van der Waals surface area contributed by atoms with Crippen LogP contribution in [0.15, 0.2) is 24.3 Å². The molecule has 0 aliphatic carbocycles. The normalized spacial score (nSPS) is 12.4. The van der Waals surface area contributed by atoms with Crippen LogP contribution in [0.1, 0.15) is 12.5 Å². The molecule has 1 aromatic rings. The second kappa shape index (κ2) is 7.76. The fourth-order valence-corrected chi connectivity index (χ4v) is 1.83. The van der Waals surface area contributed by atoms with Crippen molar-refractivity contribution in [1.82, 2.24) is 4.90 Å². The van der Waals surface area contributed by atoms with Gasteiger partial charge in [0.25, 0.3) is 0 Å². The van der Waals surface area contributed by atoms with Crippen molar-refractivity contribution in [3.8, 4) is 5.75 Å². The first kappa shape index (κ1) is 15.5. The highest BCUT2D eigenvalue weighted by molar-refractivity contribution is 5.72. The number of hydrogen-bond donors (Lipinski definition) is 1. The molecule has 0 amide bonds. The van der Waals surface area contributed by atoms with Gasteiger partial charge in [-0.25, -0.2) is 4.79 Å². The van der Waals surface area contributed by atoms with E-state index in [-0.39, 0.29) is 0 Å². The molecular weight excluding hydrogens is 246 g/mol. The zero-order valence-electron chi connectivity index (χ0n) is 11.6. The summed E-state index contributed by atoms with van der Waals surface area (Å²) in [5.41, 5.74) is 1.07. The van der Waals surface area contributed by atoms with Gasteiger partial charge in [0, 0.05) is 19.7 Å². The number of carbonyl (C=O) groups is 1. The molecule has 1 aromatic carbocycles. The summed E-state index contributed by atoms with van der Waals surface area (Å²) in [6.45, 7) is 3.18. The number of carboxylic acids is 1. The molecule has 1 atom stereocenters. The Labute approximate surface area is 113 Å². The number of rotatable bonds is 8. The number of nitrogens with zero attached hydrogens (tertiary/aromatic N) is 1. The Morgan fingerprint density at radius 1 is 1.47 bits per heavy atom. The number of methoxy groups -OCH3 is 1. The number of benzene rings is 1. The first-order valence-electron chi connectivity index (χ1n) is 6.22. The van der Waals surface area contributed by atoms with Gasteiger partial charge in [-0.2, -0.15) is 0 Å². The second-order valence-electron chi connectivity index (χ2n) is 4.33. The van der Waals surface area contributed by atoms with Crippen LogP contribution >= 0.6 is 0 Å². The average Bonchev–Trinajstić information content (AvgIpc) is 2.38. The number of ether oxygens (including phenoxy) is 2. The van der Waals surface area contributed by atoms with Crippen molar-refractivity contribution in [1.29, 1.82) is 0 Å². The van der Waals surface area contributed by atoms with Crippen molar-refractivity contribution < 1.29 is 19.4 Å². The third-order valence-electron chi connectivity index (χ3n) is 2.71. The molecule has 106 valence electrons. The van der Waals surface area contributed by atoms with Gasteiger partial charge in [-0.15, -0.1) is 0 Å². The van der Waals surface area contributed by atoms with Crippen molar-refractivity contribution in [2.45, 2.75) is 19.6 Å². The van der Waals surface area contributed by atoms with Gasteiger partial charge in [-0.1, -0.05) is 12.1 Å². The highest BCUT2D eigenvalue weighted by Crippen LogP contribution is 2.14. The van der Waals surface area contributed by atoms with E-state index in [0.29, 0.717) is 19.7 Å². The standard InChI is InChI=1S/C14H21NO4/c1-4-19-13(14(16)17)10-15(2)9-11-6-5-7-12(8-11)18-3/h5-8,13H,4,9-10H2,1-3H3,(H,16,17). The molecular formula is C14H21NO4. The maximum atomic E-state index is 11.0. The number of aliphatic carboxylic acids is 1. The van der Waals surface area contributed by atoms with Crippen molar-refractivity contribution in [3.05, 3.63) is 29.8 Å². The molecule has 5 nitrogen and oxygen atoms in total. The minimum absolute atomic E-state index is 0.348. The smallest absolute Gasteiger partial charge is 0.334 e. The van der Waals surface area contributed by atoms with Crippen LogP contribution in [0.3, 0.4) is 0 Å². The fourth-order valence-electron chi connectivity index (χ4n) is 1.83. The van der Waals surface area contributed by atoms with E-state index >= 15 is 0 Å². The maximum Gasteiger partial charge on any atom is 0.334 e. The van der Waals surface area contributed by atoms with Crippen LogP contribution in [-0.4, -0.2) is 49.4 Å². The topological polar surface area (TPSA) is 59.0 Å². The van der Waals surface area contributed by atoms with Crippen LogP contribution < -0.4 is 4.74 Å². The first-order chi connectivity index (χ1) is 9.06. The van der Waals surface area contributed by atoms with Gasteiger partial charge in [-0.3, -0.25) is 4.90 Å². The zero-order valence-corrected chi connectivity index (χ0v) is 11.6. The molecule has 5 heteroatoms. The Morgan fingerprint density at radius 3 is 2.79 bits per heavy atom. The molecule has 1 N–H and O–H groups in total. The lowest BCUT2D eigenvalue weighted by molar-refractivity contribution is -0.151. The Morgan fingerprint density at radius 2 is 2.21 bits per heavy atom. The van der Waals surface area contributed by atoms with Crippen LogP contribution in [0.5, 0.6) is 5.75 Å². The molecule has 0 spiro atoms. The summed E-state index contributed by atoms with van der Waals surface area (Å²) in [5.74, 6) is -0.134. The van der Waals surface area contributed by atoms with Crippen molar-refractivity contribution in [2.75, 3.05) is 27.3 Å². The summed E-state index contributed by atoms with van der Waals surface area (Å²) in [4.78, 5) is 12.9. The molecule has 19 heavy (non-hydrogen) atoms. The fraction of sp³-hybridized carbons (Fsp3) is 0.500. The van der Waals surface area contributed by atoms with E-state index in [9.17, 15) is 4.79 Å². The molecule has 1 unspecified atom stereocenters. The van der Waals surface area contributed by atoms with Gasteiger partial charge in [0.05, 0.1) is 7.11 Å². The summed E-state index contributed by atoms with van der Waals surface area (Å²) in [6.07, 6.45) is -0.791. The highest BCUT2D eigenvalue weighted by atomic mass is 16.5. The maximum absolute atomic E-state index is 11.0. The van der Waals surface area contributed by atoms with Gasteiger partial charge in [0.2, 0.25) is 0 Å². The number of carboxylic acid groups (broad SMARTS) is 1. The summed E-state index contributed by atoms with van der Waals surface area (Å²) in [5, 5.41) is 9.03. The van der Waals surface area contributed by atoms with Gasteiger partial charge in [-0.05, 0) is 31.7 Å². The minimum atomic E-state index is -0.931. The van der Waals surface area contributed by atoms with Gasteiger partial charge in [0.1, 0.15) is 5.75 Å². The van der Waals surface area contributed by atoms with E-state index in [1.807, 2.05) is 36.2 Å². The Hall–Kier alpha value is -1.59. The van der Waals surface area contributed by atoms with E-state index < -0.39 is 12.1 Å². The summed E-state index contributed by atoms with van der Waals surface area (Å²) >= 11 is 0. The summed E-state index contributed by atoms with van der Waals surface area (Å²) in [6, 6.07) is 7.71. The van der Waals surface area contributed by atoms with E-state index in [1.165, 1.54) is 0 Å². The number of hydrogen-bond acceptors (Lipinski definition) is 4. The van der Waals surface area contributed by atoms with Gasteiger partial charge < -0.3 is 14.6 Å². The molecule has 0 fully saturated rings. The van der Waals surface area contributed by atoms with Gasteiger partial charge in [0.15, 0.2) is 6.10 Å². The lowest BCUT2D eigenvalue weighted by atomic mass is 10.2. The molecule has 0 heterocycles. The number of likely N-dealkylation sites (N-methyl/N-ethyl adjacent to an activating group) is 1. The molecule has 0 aromatic heterocycles. The molecule has 0 bridgehead atoms. The predicted octanol–water partition coefficient (Wildman–Crippen LogP) is 1.62. The quantitative estimate of drug-likeness (QED) is 0.775. The SMILES string of the molecule is CCOC(CN(C)Cc1cccc(OC)c1)C(=O)O. The third kappa shape index (κ3) is 5.28. The monoisotopic (exact) mass is 267 g/mol. The minimum Gasteiger partial charge on any atom is -0.497 e. The largest absolute Gasteiger partial charge is 0.497 e. The van der Waals surface area contributed by atoms with Crippen LogP contribution in [0.4, 0.5) is 0 Å². The highest BCUT2D eigenvalue weighted by Gasteiger charge is 2.19. The summed E-state index contributed by atoms with van der Waals surface area (Å²) < 4.78 is 10.3. The molecule has 0 saturated heterocycles. The average molecular weight is 267 g/mol. The molecule has 0 aliphatic heterocycles. The van der Waals surface area contributed by atoms with Crippen LogP contribution in [0, 0.1) is 0 Å². The first-order valence-corrected chi connectivity index (χ1v) is 6.22. The van der Waals surface area contributed by atoms with Crippen LogP contribution in [-0.2, 0) is 16.1 Å². The van der Waals surface area contributed by atoms with Crippen molar-refractivity contribution in [3.63, 3.8) is 0 Å². The lowest BCUT2D eigenvalue weighted by Gasteiger charge is -2.21. The van der Waals surface area contributed by atoms with Crippen LogP contribution in [0.25, 0.3) is 0 Å². The zero-order chi connectivity index (χ0) is 14.3. The molecule has 0 radical (unpaired) electrons. The molecule has 0 saturated carbocycles. The lowest BCUT2D eigenvalue weighted by Crippen LogP contribution is -2.36. The Bertz CT molecular complexity index is 408. The predicted molar refractivity (Wildman–Crippen MR) is 72.4 cm³/mol. The van der Waals surface area contributed by atoms with Crippen LogP contribution in [0.2, 0.25) is 0 Å². The Kier molecular flexibility index (Phi) is 6.32. The van der Waals surface area contributed by atoms with Gasteiger partial charge >= 0.3 is 5.97 Å². The third-order valence-corrected chi connectivity index (χ3v) is 2.71. The van der Waals surface area contributed by atoms with Crippen molar-refractivity contribution >= 4 is 5.97 Å². The van der Waals surface area contributed by atoms with E-state index in [2.05, 4.69) is 0 Å². The Balaban J connectivity index is 2.57.